The summed E-state index contributed by atoms with van der Waals surface area (Å²) in [5.41, 5.74) is 2.27. The van der Waals surface area contributed by atoms with E-state index in [1.807, 2.05) is 31.2 Å². The highest BCUT2D eigenvalue weighted by atomic mass is 16.5. The van der Waals surface area contributed by atoms with E-state index in [9.17, 15) is 45.6 Å². The molecule has 5 atom stereocenters. The van der Waals surface area contributed by atoms with Gasteiger partial charge in [0.2, 0.25) is 0 Å². The van der Waals surface area contributed by atoms with Crippen LogP contribution in [-0.4, -0.2) is 110 Å². The second kappa shape index (κ2) is 13.5. The Bertz CT molecular complexity index is 1080. The van der Waals surface area contributed by atoms with Gasteiger partial charge in [0.1, 0.15) is 41.8 Å². The molecule has 0 bridgehead atoms. The largest absolute Gasteiger partial charge is 0.508 e. The molecule has 0 aromatic heterocycles. The molecule has 3 rings (SSSR count). The van der Waals surface area contributed by atoms with Crippen molar-refractivity contribution in [2.75, 3.05) is 33.0 Å². The summed E-state index contributed by atoms with van der Waals surface area (Å²) >= 11 is 0. The van der Waals surface area contributed by atoms with Gasteiger partial charge in [-0.15, -0.1) is 0 Å². The number of aromatic hydroxyl groups is 1. The zero-order valence-electron chi connectivity index (χ0n) is 21.7. The molecule has 2 amide bonds. The first-order chi connectivity index (χ1) is 18.6. The molecule has 1 heterocycles. The lowest BCUT2D eigenvalue weighted by atomic mass is 9.88. The van der Waals surface area contributed by atoms with Crippen molar-refractivity contribution < 1.29 is 50.4 Å². The van der Waals surface area contributed by atoms with E-state index < -0.39 is 68.5 Å². The minimum Gasteiger partial charge on any atom is -0.508 e. The van der Waals surface area contributed by atoms with E-state index >= 15 is 0 Å². The predicted octanol–water partition coefficient (Wildman–Crippen LogP) is -1.64. The van der Waals surface area contributed by atoms with Crippen LogP contribution in [0.15, 0.2) is 36.4 Å². The van der Waals surface area contributed by atoms with E-state index in [4.69, 9.17) is 4.74 Å². The Labute approximate surface area is 226 Å². The highest BCUT2D eigenvalue weighted by Crippen LogP contribution is 2.38. The number of amides is 2. The SMILES string of the molecule is Cc1cc(O)c([C@H]2O[C@@H](CO)[C@H](O)[C@@H](O)[C@@H]2O)cc1Cc1ccc(CCNC(=O)NC(CO)(CO)CO)cc1. The molecule has 0 unspecified atom stereocenters. The zero-order chi connectivity index (χ0) is 28.7. The van der Waals surface area contributed by atoms with Gasteiger partial charge in [-0.25, -0.2) is 4.79 Å². The van der Waals surface area contributed by atoms with E-state index in [-0.39, 0.29) is 17.9 Å². The monoisotopic (exact) mass is 550 g/mol. The van der Waals surface area contributed by atoms with Gasteiger partial charge in [-0.05, 0) is 54.2 Å². The van der Waals surface area contributed by atoms with Crippen LogP contribution in [0.1, 0.15) is 33.9 Å². The fourth-order valence-electron chi connectivity index (χ4n) is 4.45. The number of benzene rings is 2. The third-order valence-electron chi connectivity index (χ3n) is 7.09. The number of phenols is 1. The molecule has 0 radical (unpaired) electrons. The van der Waals surface area contributed by atoms with Gasteiger partial charge in [-0.2, -0.15) is 0 Å². The maximum atomic E-state index is 12.0. The molecule has 1 aliphatic heterocycles. The first-order valence-corrected chi connectivity index (χ1v) is 12.7. The van der Waals surface area contributed by atoms with Gasteiger partial charge in [0.15, 0.2) is 0 Å². The lowest BCUT2D eigenvalue weighted by molar-refractivity contribution is -0.232. The van der Waals surface area contributed by atoms with Gasteiger partial charge in [0.05, 0.1) is 26.4 Å². The number of carbonyl (C=O) groups is 1. The minimum atomic E-state index is -1.56. The van der Waals surface area contributed by atoms with Crippen LogP contribution in [0.5, 0.6) is 5.75 Å². The average molecular weight is 551 g/mol. The normalized spacial score (nSPS) is 23.4. The van der Waals surface area contributed by atoms with Crippen LogP contribution in [0.3, 0.4) is 0 Å². The lowest BCUT2D eigenvalue weighted by Crippen LogP contribution is -2.59. The second-order valence-corrected chi connectivity index (χ2v) is 9.97. The molecule has 216 valence electrons. The Morgan fingerprint density at radius 3 is 2.13 bits per heavy atom. The molecular formula is C27H38N2O10. The Morgan fingerprint density at radius 1 is 0.923 bits per heavy atom. The molecule has 0 saturated carbocycles. The van der Waals surface area contributed by atoms with Gasteiger partial charge in [-0.1, -0.05) is 24.3 Å². The molecule has 1 saturated heterocycles. The van der Waals surface area contributed by atoms with Crippen molar-refractivity contribution in [2.24, 2.45) is 0 Å². The van der Waals surface area contributed by atoms with E-state index in [1.54, 1.807) is 6.07 Å². The third-order valence-corrected chi connectivity index (χ3v) is 7.09. The molecule has 10 N–H and O–H groups in total. The summed E-state index contributed by atoms with van der Waals surface area (Å²) < 4.78 is 5.62. The number of rotatable bonds is 11. The maximum Gasteiger partial charge on any atom is 0.315 e. The van der Waals surface area contributed by atoms with Crippen molar-refractivity contribution in [3.05, 3.63) is 64.2 Å². The summed E-state index contributed by atoms with van der Waals surface area (Å²) in [5.74, 6) is -0.137. The van der Waals surface area contributed by atoms with Crippen molar-refractivity contribution >= 4 is 6.03 Å². The molecule has 1 fully saturated rings. The average Bonchev–Trinajstić information content (AvgIpc) is 2.93. The number of nitrogens with one attached hydrogen (secondary N) is 2. The topological polar surface area (TPSA) is 212 Å². The molecule has 2 aromatic carbocycles. The lowest BCUT2D eigenvalue weighted by Gasteiger charge is -2.40. The number of aliphatic hydroxyl groups is 7. The highest BCUT2D eigenvalue weighted by Gasteiger charge is 2.44. The van der Waals surface area contributed by atoms with E-state index in [0.29, 0.717) is 12.8 Å². The summed E-state index contributed by atoms with van der Waals surface area (Å²) in [5, 5.41) is 83.6. The van der Waals surface area contributed by atoms with E-state index in [0.717, 1.165) is 22.3 Å². The van der Waals surface area contributed by atoms with Crippen LogP contribution in [-0.2, 0) is 17.6 Å². The summed E-state index contributed by atoms with van der Waals surface area (Å²) in [4.78, 5) is 12.0. The molecule has 12 nitrogen and oxygen atoms in total. The predicted molar refractivity (Wildman–Crippen MR) is 139 cm³/mol. The van der Waals surface area contributed by atoms with Crippen molar-refractivity contribution in [1.29, 1.82) is 0 Å². The minimum absolute atomic E-state index is 0.137. The van der Waals surface area contributed by atoms with Crippen LogP contribution in [0.4, 0.5) is 4.79 Å². The molecule has 2 aromatic rings. The number of hydrogen-bond donors (Lipinski definition) is 10. The zero-order valence-corrected chi connectivity index (χ0v) is 21.7. The fraction of sp³-hybridized carbons (Fsp3) is 0.519. The second-order valence-electron chi connectivity index (χ2n) is 9.97. The fourth-order valence-corrected chi connectivity index (χ4v) is 4.45. The van der Waals surface area contributed by atoms with Crippen LogP contribution >= 0.6 is 0 Å². The van der Waals surface area contributed by atoms with Gasteiger partial charge in [0.25, 0.3) is 0 Å². The van der Waals surface area contributed by atoms with Crippen molar-refractivity contribution in [2.45, 2.75) is 55.8 Å². The van der Waals surface area contributed by atoms with Crippen molar-refractivity contribution in [3.8, 4) is 5.75 Å². The first-order valence-electron chi connectivity index (χ1n) is 12.7. The van der Waals surface area contributed by atoms with Gasteiger partial charge >= 0.3 is 6.03 Å². The summed E-state index contributed by atoms with van der Waals surface area (Å²) in [6.07, 6.45) is -5.80. The third kappa shape index (κ3) is 7.24. The van der Waals surface area contributed by atoms with Crippen molar-refractivity contribution in [1.82, 2.24) is 10.6 Å². The van der Waals surface area contributed by atoms with Gasteiger partial charge < -0.3 is 56.2 Å². The van der Waals surface area contributed by atoms with Crippen molar-refractivity contribution in [3.63, 3.8) is 0 Å². The number of ether oxygens (including phenoxy) is 1. The number of hydrogen-bond acceptors (Lipinski definition) is 10. The quantitative estimate of drug-likeness (QED) is 0.154. The summed E-state index contributed by atoms with van der Waals surface area (Å²) in [6.45, 7) is -0.292. The molecule has 0 spiro atoms. The molecule has 39 heavy (non-hydrogen) atoms. The Hall–Kier alpha value is -2.81. The Balaban J connectivity index is 1.64. The number of phenolic OH excluding ortho intramolecular Hbond substituents is 1. The van der Waals surface area contributed by atoms with Crippen LogP contribution in [0, 0.1) is 6.92 Å². The molecule has 0 aliphatic carbocycles. The van der Waals surface area contributed by atoms with Gasteiger partial charge in [-0.3, -0.25) is 0 Å². The Kier molecular flexibility index (Phi) is 10.6. The highest BCUT2D eigenvalue weighted by molar-refractivity contribution is 5.74. The van der Waals surface area contributed by atoms with Crippen LogP contribution in [0.25, 0.3) is 0 Å². The van der Waals surface area contributed by atoms with Gasteiger partial charge in [0, 0.05) is 12.1 Å². The van der Waals surface area contributed by atoms with E-state index in [1.165, 1.54) is 6.07 Å². The summed E-state index contributed by atoms with van der Waals surface area (Å²) in [6, 6.07) is 10.2. The smallest absolute Gasteiger partial charge is 0.315 e. The number of aryl methyl sites for hydroxylation is 1. The standard InChI is InChI=1S/C27H38N2O10/c1-15-8-20(34)19(25-24(37)23(36)22(35)21(11-30)39-25)10-18(15)9-17-4-2-16(3-5-17)6-7-28-26(38)29-27(12-31,13-32)14-33/h2-5,8,10,21-25,30-37H,6-7,9,11-14H2,1H3,(H2,28,29,38)/t21-,22-,23+,24-,25+/m0/s1. The number of aliphatic hydroxyl groups excluding tert-OH is 7. The van der Waals surface area contributed by atoms with E-state index in [2.05, 4.69) is 10.6 Å². The molecule has 1 aliphatic rings. The van der Waals surface area contributed by atoms with Crippen LogP contribution in [0.2, 0.25) is 0 Å². The Morgan fingerprint density at radius 2 is 1.54 bits per heavy atom. The number of carbonyl (C=O) groups excluding carboxylic acids is 1. The first kappa shape index (κ1) is 30.7. The van der Waals surface area contributed by atoms with Crippen LogP contribution < -0.4 is 10.6 Å². The number of urea groups is 1. The molecular weight excluding hydrogens is 512 g/mol. The maximum absolute atomic E-state index is 12.0. The summed E-state index contributed by atoms with van der Waals surface area (Å²) in [7, 11) is 0. The molecule has 12 heteroatoms.